The molecule has 0 aliphatic rings. The van der Waals surface area contributed by atoms with Crippen molar-refractivity contribution in [1.29, 1.82) is 0 Å². The topological polar surface area (TPSA) is 110 Å². The Morgan fingerprint density at radius 1 is 1.29 bits per heavy atom. The van der Waals surface area contributed by atoms with Crippen LogP contribution in [-0.4, -0.2) is 28.5 Å². The Bertz CT molecular complexity index is 513. The number of aliphatic carboxylic acids is 1. The summed E-state index contributed by atoms with van der Waals surface area (Å²) in [6.07, 6.45) is 0.708. The van der Waals surface area contributed by atoms with Crippen molar-refractivity contribution in [2.45, 2.75) is 26.2 Å². The highest BCUT2D eigenvalue weighted by Gasteiger charge is 2.12. The fourth-order valence-electron chi connectivity index (χ4n) is 1.89. The number of rotatable bonds is 8. The Labute approximate surface area is 122 Å². The van der Waals surface area contributed by atoms with Crippen LogP contribution in [0.5, 0.6) is 0 Å². The van der Waals surface area contributed by atoms with E-state index in [9.17, 15) is 19.7 Å². The Hall–Kier alpha value is -2.44. The number of amides is 1. The van der Waals surface area contributed by atoms with E-state index >= 15 is 0 Å². The van der Waals surface area contributed by atoms with Gasteiger partial charge in [0.05, 0.1) is 4.92 Å². The molecule has 0 saturated heterocycles. The molecule has 1 aromatic rings. The molecule has 0 aliphatic carbocycles. The molecule has 1 atom stereocenters. The SMILES string of the molecule is CC(CC(=O)O)CC(=O)NCCc1ccc([N+](=O)[O-])cc1. The zero-order valence-electron chi connectivity index (χ0n) is 11.7. The van der Waals surface area contributed by atoms with E-state index in [0.717, 1.165) is 5.56 Å². The molecule has 0 saturated carbocycles. The third kappa shape index (κ3) is 6.51. The number of nitrogens with zero attached hydrogens (tertiary/aromatic N) is 1. The molecule has 2 N–H and O–H groups in total. The molecule has 114 valence electrons. The minimum absolute atomic E-state index is 0.0320. The van der Waals surface area contributed by atoms with Crippen LogP contribution in [0.4, 0.5) is 5.69 Å². The average molecular weight is 294 g/mol. The molecular formula is C14H18N2O5. The standard InChI is InChI=1S/C14H18N2O5/c1-10(9-14(18)19)8-13(17)15-7-6-11-2-4-12(5-3-11)16(20)21/h2-5,10H,6-9H2,1H3,(H,15,17)(H,18,19). The second-order valence-electron chi connectivity index (χ2n) is 4.93. The fraction of sp³-hybridized carbons (Fsp3) is 0.429. The lowest BCUT2D eigenvalue weighted by molar-refractivity contribution is -0.384. The van der Waals surface area contributed by atoms with Gasteiger partial charge in [0.2, 0.25) is 5.91 Å². The molecule has 0 spiro atoms. The normalized spacial score (nSPS) is 11.7. The molecule has 7 nitrogen and oxygen atoms in total. The summed E-state index contributed by atoms with van der Waals surface area (Å²) in [5.74, 6) is -1.31. The summed E-state index contributed by atoms with van der Waals surface area (Å²) in [5.41, 5.74) is 0.921. The van der Waals surface area contributed by atoms with Crippen molar-refractivity contribution in [3.63, 3.8) is 0 Å². The third-order valence-corrected chi connectivity index (χ3v) is 2.94. The first-order chi connectivity index (χ1) is 9.88. The van der Waals surface area contributed by atoms with Gasteiger partial charge in [-0.2, -0.15) is 0 Å². The highest BCUT2D eigenvalue weighted by Crippen LogP contribution is 2.12. The van der Waals surface area contributed by atoms with Gasteiger partial charge in [-0.05, 0) is 17.9 Å². The van der Waals surface area contributed by atoms with Crippen LogP contribution >= 0.6 is 0 Å². The highest BCUT2D eigenvalue weighted by molar-refractivity contribution is 5.77. The van der Waals surface area contributed by atoms with Crippen LogP contribution in [0, 0.1) is 16.0 Å². The number of nitro benzene ring substituents is 1. The van der Waals surface area contributed by atoms with Gasteiger partial charge in [-0.3, -0.25) is 19.7 Å². The number of non-ortho nitro benzene ring substituents is 1. The smallest absolute Gasteiger partial charge is 0.303 e. The number of nitro groups is 1. The monoisotopic (exact) mass is 294 g/mol. The maximum Gasteiger partial charge on any atom is 0.303 e. The molecule has 1 aromatic carbocycles. The number of carbonyl (C=O) groups is 2. The number of carboxylic acid groups (broad SMARTS) is 1. The Morgan fingerprint density at radius 2 is 1.90 bits per heavy atom. The number of hydrogen-bond donors (Lipinski definition) is 2. The predicted molar refractivity (Wildman–Crippen MR) is 75.8 cm³/mol. The van der Waals surface area contributed by atoms with E-state index in [1.165, 1.54) is 12.1 Å². The molecule has 0 aliphatic heterocycles. The number of nitrogens with one attached hydrogen (secondary N) is 1. The zero-order valence-corrected chi connectivity index (χ0v) is 11.7. The predicted octanol–water partition coefficient (Wildman–Crippen LogP) is 1.75. The molecule has 1 unspecified atom stereocenters. The van der Waals surface area contributed by atoms with Crippen LogP contribution < -0.4 is 5.32 Å². The highest BCUT2D eigenvalue weighted by atomic mass is 16.6. The lowest BCUT2D eigenvalue weighted by Gasteiger charge is -2.09. The van der Waals surface area contributed by atoms with E-state index in [2.05, 4.69) is 5.32 Å². The summed E-state index contributed by atoms with van der Waals surface area (Å²) < 4.78 is 0. The van der Waals surface area contributed by atoms with Gasteiger partial charge < -0.3 is 10.4 Å². The van der Waals surface area contributed by atoms with Crippen molar-refractivity contribution in [1.82, 2.24) is 5.32 Å². The van der Waals surface area contributed by atoms with Crippen LogP contribution in [0.25, 0.3) is 0 Å². The van der Waals surface area contributed by atoms with Crippen LogP contribution in [0.1, 0.15) is 25.3 Å². The maximum atomic E-state index is 11.6. The molecule has 0 radical (unpaired) electrons. The molecule has 7 heteroatoms. The molecule has 1 rings (SSSR count). The van der Waals surface area contributed by atoms with Gasteiger partial charge in [0.1, 0.15) is 0 Å². The molecule has 0 heterocycles. The van der Waals surface area contributed by atoms with E-state index in [0.29, 0.717) is 13.0 Å². The van der Waals surface area contributed by atoms with Gasteiger partial charge >= 0.3 is 5.97 Å². The minimum Gasteiger partial charge on any atom is -0.481 e. The van der Waals surface area contributed by atoms with E-state index in [1.807, 2.05) is 0 Å². The molecule has 0 aromatic heterocycles. The van der Waals surface area contributed by atoms with Gasteiger partial charge in [-0.15, -0.1) is 0 Å². The molecular weight excluding hydrogens is 276 g/mol. The molecule has 0 fully saturated rings. The van der Waals surface area contributed by atoms with Gasteiger partial charge in [-0.25, -0.2) is 0 Å². The van der Waals surface area contributed by atoms with Crippen molar-refractivity contribution in [3.05, 3.63) is 39.9 Å². The lowest BCUT2D eigenvalue weighted by Crippen LogP contribution is -2.27. The first-order valence-electron chi connectivity index (χ1n) is 6.60. The number of hydrogen-bond acceptors (Lipinski definition) is 4. The van der Waals surface area contributed by atoms with Gasteiger partial charge in [0.15, 0.2) is 0 Å². The van der Waals surface area contributed by atoms with Gasteiger partial charge in [0.25, 0.3) is 5.69 Å². The summed E-state index contributed by atoms with van der Waals surface area (Å²) in [6, 6.07) is 6.15. The maximum absolute atomic E-state index is 11.6. The quantitative estimate of drug-likeness (QED) is 0.560. The number of carboxylic acids is 1. The summed E-state index contributed by atoms with van der Waals surface area (Å²) in [5, 5.41) is 21.8. The van der Waals surface area contributed by atoms with Crippen LogP contribution in [0.2, 0.25) is 0 Å². The first-order valence-corrected chi connectivity index (χ1v) is 6.60. The van der Waals surface area contributed by atoms with Crippen molar-refractivity contribution < 1.29 is 19.6 Å². The number of carbonyl (C=O) groups excluding carboxylic acids is 1. The summed E-state index contributed by atoms with van der Waals surface area (Å²) in [4.78, 5) is 32.1. The Balaban J connectivity index is 2.31. The second-order valence-corrected chi connectivity index (χ2v) is 4.93. The van der Waals surface area contributed by atoms with Crippen LogP contribution in [0.3, 0.4) is 0 Å². The van der Waals surface area contributed by atoms with Crippen molar-refractivity contribution in [2.75, 3.05) is 6.54 Å². The second kappa shape index (κ2) is 7.98. The van der Waals surface area contributed by atoms with Crippen molar-refractivity contribution in [3.8, 4) is 0 Å². The lowest BCUT2D eigenvalue weighted by atomic mass is 10.0. The van der Waals surface area contributed by atoms with E-state index in [-0.39, 0.29) is 30.4 Å². The first kappa shape index (κ1) is 16.6. The minimum atomic E-state index is -0.916. The zero-order chi connectivity index (χ0) is 15.8. The Kier molecular flexibility index (Phi) is 6.32. The van der Waals surface area contributed by atoms with Crippen LogP contribution in [0.15, 0.2) is 24.3 Å². The van der Waals surface area contributed by atoms with E-state index in [4.69, 9.17) is 5.11 Å². The van der Waals surface area contributed by atoms with Crippen LogP contribution in [-0.2, 0) is 16.0 Å². The molecule has 21 heavy (non-hydrogen) atoms. The summed E-state index contributed by atoms with van der Waals surface area (Å²) in [6.45, 7) is 2.13. The fourth-order valence-corrected chi connectivity index (χ4v) is 1.89. The van der Waals surface area contributed by atoms with Crippen molar-refractivity contribution >= 4 is 17.6 Å². The summed E-state index contributed by atoms with van der Waals surface area (Å²) >= 11 is 0. The third-order valence-electron chi connectivity index (χ3n) is 2.94. The largest absolute Gasteiger partial charge is 0.481 e. The van der Waals surface area contributed by atoms with Crippen molar-refractivity contribution in [2.24, 2.45) is 5.92 Å². The molecule has 1 amide bonds. The van der Waals surface area contributed by atoms with E-state index < -0.39 is 10.9 Å². The number of benzene rings is 1. The molecule has 0 bridgehead atoms. The van der Waals surface area contributed by atoms with Gasteiger partial charge in [0, 0.05) is 31.5 Å². The van der Waals surface area contributed by atoms with Gasteiger partial charge in [-0.1, -0.05) is 19.1 Å². The Morgan fingerprint density at radius 3 is 2.43 bits per heavy atom. The summed E-state index contributed by atoms with van der Waals surface area (Å²) in [7, 11) is 0. The van der Waals surface area contributed by atoms with E-state index in [1.54, 1.807) is 19.1 Å². The average Bonchev–Trinajstić information content (AvgIpc) is 2.38.